The molecule has 1 aromatic rings. The summed E-state index contributed by atoms with van der Waals surface area (Å²) in [6, 6.07) is 6.14. The van der Waals surface area contributed by atoms with Crippen molar-refractivity contribution in [1.29, 1.82) is 0 Å². The molecule has 96 valence electrons. The Hall–Kier alpha value is -0.540. The zero-order valence-corrected chi connectivity index (χ0v) is 12.5. The summed E-state index contributed by atoms with van der Waals surface area (Å²) in [4.78, 5) is 0. The van der Waals surface area contributed by atoms with Crippen LogP contribution >= 0.6 is 15.9 Å². The molecule has 0 heterocycles. The largest absolute Gasteiger partial charge is 0.492 e. The summed E-state index contributed by atoms with van der Waals surface area (Å²) in [6.45, 7) is 7.91. The summed E-state index contributed by atoms with van der Waals surface area (Å²) >= 11 is 3.51. The van der Waals surface area contributed by atoms with Gasteiger partial charge >= 0.3 is 0 Å². The van der Waals surface area contributed by atoms with Gasteiger partial charge in [-0.25, -0.2) is 0 Å². The fraction of sp³-hybridized carbons (Fsp3) is 0.571. The smallest absolute Gasteiger partial charge is 0.133 e. The third-order valence-corrected chi connectivity index (χ3v) is 3.52. The number of halogens is 1. The molecule has 0 spiro atoms. The lowest BCUT2D eigenvalue weighted by molar-refractivity contribution is 0.260. The van der Waals surface area contributed by atoms with Crippen LogP contribution in [0, 0.1) is 12.3 Å². The first-order chi connectivity index (χ1) is 7.94. The highest BCUT2D eigenvalue weighted by Crippen LogP contribution is 2.26. The van der Waals surface area contributed by atoms with E-state index in [0.717, 1.165) is 36.2 Å². The van der Waals surface area contributed by atoms with Gasteiger partial charge in [-0.05, 0) is 65.4 Å². The molecule has 0 fully saturated rings. The summed E-state index contributed by atoms with van der Waals surface area (Å²) in [5.74, 6) is 0.918. The fourth-order valence-electron chi connectivity index (χ4n) is 1.56. The SMILES string of the molecule is Cc1ccc(OCCCC(C)(C)CN)c(Br)c1. The van der Waals surface area contributed by atoms with Crippen LogP contribution in [0.1, 0.15) is 32.3 Å². The Morgan fingerprint density at radius 2 is 2.06 bits per heavy atom. The number of nitrogens with two attached hydrogens (primary N) is 1. The quantitative estimate of drug-likeness (QED) is 0.809. The van der Waals surface area contributed by atoms with Gasteiger partial charge in [0.15, 0.2) is 0 Å². The van der Waals surface area contributed by atoms with Crippen molar-refractivity contribution in [1.82, 2.24) is 0 Å². The number of rotatable bonds is 6. The lowest BCUT2D eigenvalue weighted by Gasteiger charge is -2.22. The molecule has 0 saturated carbocycles. The predicted molar refractivity (Wildman–Crippen MR) is 76.4 cm³/mol. The van der Waals surface area contributed by atoms with Gasteiger partial charge in [0.25, 0.3) is 0 Å². The van der Waals surface area contributed by atoms with E-state index in [1.165, 1.54) is 5.56 Å². The molecule has 0 aliphatic carbocycles. The van der Waals surface area contributed by atoms with E-state index in [2.05, 4.69) is 48.8 Å². The Morgan fingerprint density at radius 3 is 2.65 bits per heavy atom. The van der Waals surface area contributed by atoms with Gasteiger partial charge in [0.05, 0.1) is 11.1 Å². The van der Waals surface area contributed by atoms with E-state index in [-0.39, 0.29) is 5.41 Å². The van der Waals surface area contributed by atoms with Crippen LogP contribution in [0.2, 0.25) is 0 Å². The fourth-order valence-corrected chi connectivity index (χ4v) is 2.17. The van der Waals surface area contributed by atoms with E-state index < -0.39 is 0 Å². The molecule has 17 heavy (non-hydrogen) atoms. The van der Waals surface area contributed by atoms with Crippen molar-refractivity contribution >= 4 is 15.9 Å². The van der Waals surface area contributed by atoms with Crippen LogP contribution in [-0.4, -0.2) is 13.2 Å². The molecule has 3 heteroatoms. The second kappa shape index (κ2) is 6.41. The number of benzene rings is 1. The molecule has 0 bridgehead atoms. The Labute approximate surface area is 113 Å². The minimum atomic E-state index is 0.216. The maximum Gasteiger partial charge on any atom is 0.133 e. The van der Waals surface area contributed by atoms with Crippen molar-refractivity contribution in [2.45, 2.75) is 33.6 Å². The minimum absolute atomic E-state index is 0.216. The zero-order chi connectivity index (χ0) is 12.9. The van der Waals surface area contributed by atoms with Crippen LogP contribution in [0.5, 0.6) is 5.75 Å². The monoisotopic (exact) mass is 299 g/mol. The highest BCUT2D eigenvalue weighted by atomic mass is 79.9. The van der Waals surface area contributed by atoms with Crippen LogP contribution in [0.25, 0.3) is 0 Å². The summed E-state index contributed by atoms with van der Waals surface area (Å²) < 4.78 is 6.77. The first-order valence-electron chi connectivity index (χ1n) is 6.04. The predicted octanol–water partition coefficient (Wildman–Crippen LogP) is 3.90. The Morgan fingerprint density at radius 1 is 1.35 bits per heavy atom. The third-order valence-electron chi connectivity index (χ3n) is 2.90. The van der Waals surface area contributed by atoms with Gasteiger partial charge in [-0.1, -0.05) is 19.9 Å². The molecule has 0 amide bonds. The average molecular weight is 300 g/mol. The first-order valence-corrected chi connectivity index (χ1v) is 6.83. The van der Waals surface area contributed by atoms with Gasteiger partial charge in [-0.2, -0.15) is 0 Å². The maximum absolute atomic E-state index is 5.74. The van der Waals surface area contributed by atoms with Crippen LogP contribution in [0.4, 0.5) is 0 Å². The number of ether oxygens (including phenoxy) is 1. The highest BCUT2D eigenvalue weighted by molar-refractivity contribution is 9.10. The van der Waals surface area contributed by atoms with Crippen molar-refractivity contribution in [2.75, 3.05) is 13.2 Å². The molecule has 0 unspecified atom stereocenters. The summed E-state index contributed by atoms with van der Waals surface area (Å²) in [5, 5.41) is 0. The standard InChI is InChI=1S/C14H22BrNO/c1-11-5-6-13(12(15)9-11)17-8-4-7-14(2,3)10-16/h5-6,9H,4,7-8,10,16H2,1-3H3. The molecule has 2 N–H and O–H groups in total. The van der Waals surface area contributed by atoms with Crippen molar-refractivity contribution in [3.05, 3.63) is 28.2 Å². The second-order valence-electron chi connectivity index (χ2n) is 5.25. The van der Waals surface area contributed by atoms with Crippen LogP contribution in [-0.2, 0) is 0 Å². The van der Waals surface area contributed by atoms with Gasteiger partial charge in [0, 0.05) is 0 Å². The molecule has 1 aromatic carbocycles. The van der Waals surface area contributed by atoms with Crippen LogP contribution < -0.4 is 10.5 Å². The van der Waals surface area contributed by atoms with Crippen molar-refractivity contribution in [2.24, 2.45) is 11.1 Å². The number of aryl methyl sites for hydroxylation is 1. The molecular formula is C14H22BrNO. The van der Waals surface area contributed by atoms with E-state index >= 15 is 0 Å². The van der Waals surface area contributed by atoms with Crippen LogP contribution in [0.15, 0.2) is 22.7 Å². The summed E-state index contributed by atoms with van der Waals surface area (Å²) in [5.41, 5.74) is 7.14. The molecule has 0 aromatic heterocycles. The lowest BCUT2D eigenvalue weighted by Crippen LogP contribution is -2.23. The van der Waals surface area contributed by atoms with E-state index in [1.807, 2.05) is 6.07 Å². The molecule has 1 rings (SSSR count). The molecular weight excluding hydrogens is 278 g/mol. The van der Waals surface area contributed by atoms with Crippen molar-refractivity contribution in [3.63, 3.8) is 0 Å². The molecule has 0 saturated heterocycles. The van der Waals surface area contributed by atoms with Gasteiger partial charge in [-0.3, -0.25) is 0 Å². The van der Waals surface area contributed by atoms with Gasteiger partial charge < -0.3 is 10.5 Å². The zero-order valence-electron chi connectivity index (χ0n) is 10.9. The second-order valence-corrected chi connectivity index (χ2v) is 6.11. The normalized spacial score (nSPS) is 11.6. The summed E-state index contributed by atoms with van der Waals surface area (Å²) in [7, 11) is 0. The lowest BCUT2D eigenvalue weighted by atomic mass is 9.88. The minimum Gasteiger partial charge on any atom is -0.492 e. The highest BCUT2D eigenvalue weighted by Gasteiger charge is 2.14. The Kier molecular flexibility index (Phi) is 5.47. The molecule has 0 radical (unpaired) electrons. The first kappa shape index (κ1) is 14.5. The topological polar surface area (TPSA) is 35.2 Å². The molecule has 0 aliphatic heterocycles. The molecule has 0 aliphatic rings. The van der Waals surface area contributed by atoms with Crippen molar-refractivity contribution < 1.29 is 4.74 Å². The van der Waals surface area contributed by atoms with Gasteiger partial charge in [-0.15, -0.1) is 0 Å². The third kappa shape index (κ3) is 5.09. The van der Waals surface area contributed by atoms with Gasteiger partial charge in [0.1, 0.15) is 5.75 Å². The maximum atomic E-state index is 5.74. The number of hydrogen-bond acceptors (Lipinski definition) is 2. The summed E-state index contributed by atoms with van der Waals surface area (Å²) in [6.07, 6.45) is 2.12. The molecule has 0 atom stereocenters. The van der Waals surface area contributed by atoms with Crippen LogP contribution in [0.3, 0.4) is 0 Å². The van der Waals surface area contributed by atoms with E-state index in [1.54, 1.807) is 0 Å². The van der Waals surface area contributed by atoms with E-state index in [0.29, 0.717) is 0 Å². The Bertz CT molecular complexity index is 363. The van der Waals surface area contributed by atoms with Gasteiger partial charge in [0.2, 0.25) is 0 Å². The number of hydrogen-bond donors (Lipinski definition) is 1. The molecule has 2 nitrogen and oxygen atoms in total. The van der Waals surface area contributed by atoms with Crippen molar-refractivity contribution in [3.8, 4) is 5.75 Å². The average Bonchev–Trinajstić information content (AvgIpc) is 2.27. The van der Waals surface area contributed by atoms with E-state index in [4.69, 9.17) is 10.5 Å². The van der Waals surface area contributed by atoms with E-state index in [9.17, 15) is 0 Å². The Balaban J connectivity index is 2.36.